The number of amides is 3. The molecule has 0 spiro atoms. The number of carbonyl (C=O) groups excluding carboxylic acids is 4. The molecule has 1 saturated heterocycles. The fourth-order valence-corrected chi connectivity index (χ4v) is 3.47. The normalized spacial score (nSPS) is 15.7. The van der Waals surface area contributed by atoms with Gasteiger partial charge >= 0.3 is 12.1 Å². The Bertz CT molecular complexity index is 1090. The van der Waals surface area contributed by atoms with E-state index in [4.69, 9.17) is 20.7 Å². The van der Waals surface area contributed by atoms with Gasteiger partial charge in [0.2, 0.25) is 5.91 Å². The second-order valence-corrected chi connectivity index (χ2v) is 8.01. The average Bonchev–Trinajstić information content (AvgIpc) is 3.21. The molecule has 11 nitrogen and oxygen atoms in total. The van der Waals surface area contributed by atoms with Crippen LogP contribution in [0.15, 0.2) is 54.6 Å². The van der Waals surface area contributed by atoms with Crippen molar-refractivity contribution in [2.45, 2.75) is 32.4 Å². The summed E-state index contributed by atoms with van der Waals surface area (Å²) in [7, 11) is 0. The maximum absolute atomic E-state index is 12.7. The van der Waals surface area contributed by atoms with Crippen LogP contribution in [0.2, 0.25) is 0 Å². The summed E-state index contributed by atoms with van der Waals surface area (Å²) in [6.45, 7) is 1.86. The number of alkyl carbamates (subject to hydrolysis) is 1. The molecule has 0 bridgehead atoms. The lowest BCUT2D eigenvalue weighted by Gasteiger charge is -2.17. The van der Waals surface area contributed by atoms with E-state index in [1.165, 1.54) is 6.92 Å². The molecule has 1 heterocycles. The molecule has 35 heavy (non-hydrogen) atoms. The first-order valence-corrected chi connectivity index (χ1v) is 11.0. The van der Waals surface area contributed by atoms with Crippen molar-refractivity contribution in [3.8, 4) is 0 Å². The molecule has 0 radical (unpaired) electrons. The van der Waals surface area contributed by atoms with Gasteiger partial charge in [-0.1, -0.05) is 30.3 Å². The molecule has 2 aromatic carbocycles. The zero-order valence-electron chi connectivity index (χ0n) is 19.2. The van der Waals surface area contributed by atoms with Gasteiger partial charge in [0.25, 0.3) is 5.91 Å². The van der Waals surface area contributed by atoms with Crippen molar-refractivity contribution in [2.75, 3.05) is 11.4 Å². The molecule has 184 valence electrons. The Balaban J connectivity index is 1.39. The number of nitrogens with one attached hydrogen (secondary N) is 3. The molecule has 2 atom stereocenters. The van der Waals surface area contributed by atoms with Gasteiger partial charge in [0, 0.05) is 30.1 Å². The van der Waals surface area contributed by atoms with Gasteiger partial charge in [-0.25, -0.2) is 9.59 Å². The van der Waals surface area contributed by atoms with Crippen LogP contribution >= 0.6 is 0 Å². The van der Waals surface area contributed by atoms with Gasteiger partial charge in [-0.05, 0) is 43.2 Å². The molecule has 1 aliphatic rings. The second kappa shape index (κ2) is 11.6. The zero-order valence-corrected chi connectivity index (χ0v) is 19.2. The van der Waals surface area contributed by atoms with Gasteiger partial charge in [0.1, 0.15) is 18.5 Å². The molecule has 5 N–H and O–H groups in total. The summed E-state index contributed by atoms with van der Waals surface area (Å²) in [6, 6.07) is 14.7. The highest BCUT2D eigenvalue weighted by atomic mass is 16.7. The lowest BCUT2D eigenvalue weighted by atomic mass is 10.0. The minimum atomic E-state index is -1.07. The number of carbonyl (C=O) groups is 4. The maximum Gasteiger partial charge on any atom is 0.408 e. The Kier molecular flexibility index (Phi) is 8.38. The maximum atomic E-state index is 12.7. The third kappa shape index (κ3) is 7.03. The van der Waals surface area contributed by atoms with Crippen LogP contribution in [0.3, 0.4) is 0 Å². The summed E-state index contributed by atoms with van der Waals surface area (Å²) in [5.41, 5.74) is 9.46. The lowest BCUT2D eigenvalue weighted by Crippen LogP contribution is -2.42. The van der Waals surface area contributed by atoms with Crippen molar-refractivity contribution in [3.63, 3.8) is 0 Å². The molecule has 0 aromatic heterocycles. The number of ether oxygens (including phenoxy) is 1. The van der Waals surface area contributed by atoms with Crippen LogP contribution in [0.25, 0.3) is 0 Å². The van der Waals surface area contributed by atoms with E-state index in [2.05, 4.69) is 5.32 Å². The third-order valence-electron chi connectivity index (χ3n) is 5.40. The molecule has 3 rings (SSSR count). The SMILES string of the molecule is C[C@H](NC(=O)OCc1ccccc1)C(=O)ONC(=O)CC1CCN(c2ccc(C(=N)N)cc2)C1=O. The van der Waals surface area contributed by atoms with Crippen LogP contribution in [-0.2, 0) is 30.6 Å². The van der Waals surface area contributed by atoms with E-state index >= 15 is 0 Å². The van der Waals surface area contributed by atoms with E-state index in [0.29, 0.717) is 24.2 Å². The number of anilines is 1. The van der Waals surface area contributed by atoms with Crippen LogP contribution in [0, 0.1) is 11.3 Å². The molecule has 3 amide bonds. The number of hydrogen-bond donors (Lipinski definition) is 4. The van der Waals surface area contributed by atoms with Gasteiger partial charge in [0.15, 0.2) is 0 Å². The van der Waals surface area contributed by atoms with Crippen LogP contribution in [0.1, 0.15) is 30.9 Å². The van der Waals surface area contributed by atoms with Crippen molar-refractivity contribution < 1.29 is 28.8 Å². The number of hydroxylamine groups is 1. The van der Waals surface area contributed by atoms with E-state index in [-0.39, 0.29) is 24.8 Å². The quantitative estimate of drug-likeness (QED) is 0.253. The van der Waals surface area contributed by atoms with Crippen molar-refractivity contribution in [2.24, 2.45) is 11.7 Å². The summed E-state index contributed by atoms with van der Waals surface area (Å²) in [6.07, 6.45) is -0.507. The lowest BCUT2D eigenvalue weighted by molar-refractivity contribution is -0.160. The summed E-state index contributed by atoms with van der Waals surface area (Å²) < 4.78 is 5.04. The Labute approximate surface area is 202 Å². The smallest absolute Gasteiger partial charge is 0.408 e. The summed E-state index contributed by atoms with van der Waals surface area (Å²) in [5.74, 6) is -2.38. The first-order chi connectivity index (χ1) is 16.7. The molecule has 1 unspecified atom stereocenters. The minimum absolute atomic E-state index is 0.0402. The van der Waals surface area contributed by atoms with Crippen LogP contribution < -0.4 is 21.4 Å². The van der Waals surface area contributed by atoms with E-state index in [9.17, 15) is 19.2 Å². The highest BCUT2D eigenvalue weighted by Crippen LogP contribution is 2.27. The molecule has 1 aliphatic heterocycles. The average molecular weight is 482 g/mol. The first-order valence-electron chi connectivity index (χ1n) is 11.0. The van der Waals surface area contributed by atoms with Gasteiger partial charge in [-0.15, -0.1) is 0 Å². The Morgan fingerprint density at radius 1 is 1.14 bits per heavy atom. The van der Waals surface area contributed by atoms with Crippen molar-refractivity contribution in [3.05, 3.63) is 65.7 Å². The van der Waals surface area contributed by atoms with Gasteiger partial charge < -0.3 is 25.5 Å². The van der Waals surface area contributed by atoms with E-state index in [0.717, 1.165) is 5.56 Å². The number of hydrogen-bond acceptors (Lipinski definition) is 7. The number of benzene rings is 2. The zero-order chi connectivity index (χ0) is 25.4. The highest BCUT2D eigenvalue weighted by Gasteiger charge is 2.34. The molecule has 0 aliphatic carbocycles. The van der Waals surface area contributed by atoms with Crippen molar-refractivity contribution in [1.82, 2.24) is 10.8 Å². The number of nitrogen functional groups attached to an aromatic ring is 1. The number of amidine groups is 1. The van der Waals surface area contributed by atoms with E-state index < -0.39 is 29.9 Å². The van der Waals surface area contributed by atoms with Gasteiger partial charge in [-0.3, -0.25) is 15.0 Å². The van der Waals surface area contributed by atoms with Crippen LogP contribution in [0.4, 0.5) is 10.5 Å². The molecule has 1 fully saturated rings. The van der Waals surface area contributed by atoms with E-state index in [1.54, 1.807) is 41.3 Å². The molecule has 11 heteroatoms. The van der Waals surface area contributed by atoms with Crippen LogP contribution in [-0.4, -0.2) is 42.3 Å². The highest BCUT2D eigenvalue weighted by molar-refractivity contribution is 6.00. The number of rotatable bonds is 8. The minimum Gasteiger partial charge on any atom is -0.445 e. The van der Waals surface area contributed by atoms with E-state index in [1.807, 2.05) is 23.7 Å². The first kappa shape index (κ1) is 25.2. The fourth-order valence-electron chi connectivity index (χ4n) is 3.47. The standard InChI is InChI=1S/C24H27N5O6/c1-15(27-24(33)34-14-16-5-3-2-4-6-16)23(32)35-28-20(30)13-18-11-12-29(22(18)31)19-9-7-17(8-10-19)21(25)26/h2-10,15,18H,11-14H2,1H3,(H3,25,26)(H,27,33)(H,28,30)/t15-,18?/m0/s1. The summed E-state index contributed by atoms with van der Waals surface area (Å²) in [4.78, 5) is 55.1. The van der Waals surface area contributed by atoms with Gasteiger partial charge in [-0.2, -0.15) is 5.48 Å². The molecule has 2 aromatic rings. The van der Waals surface area contributed by atoms with Crippen LogP contribution in [0.5, 0.6) is 0 Å². The predicted octanol–water partition coefficient (Wildman–Crippen LogP) is 1.60. The largest absolute Gasteiger partial charge is 0.445 e. The van der Waals surface area contributed by atoms with Crippen molar-refractivity contribution in [1.29, 1.82) is 5.41 Å². The second-order valence-electron chi connectivity index (χ2n) is 8.01. The topological polar surface area (TPSA) is 164 Å². The molecule has 0 saturated carbocycles. The number of nitrogens with two attached hydrogens (primary N) is 1. The Morgan fingerprint density at radius 2 is 1.83 bits per heavy atom. The predicted molar refractivity (Wildman–Crippen MR) is 126 cm³/mol. The summed E-state index contributed by atoms with van der Waals surface area (Å²) >= 11 is 0. The monoisotopic (exact) mass is 481 g/mol. The van der Waals surface area contributed by atoms with Crippen molar-refractivity contribution >= 4 is 35.4 Å². The third-order valence-corrected chi connectivity index (χ3v) is 5.40. The molecular weight excluding hydrogens is 454 g/mol. The number of nitrogens with zero attached hydrogens (tertiary/aromatic N) is 1. The fraction of sp³-hybridized carbons (Fsp3) is 0.292. The van der Waals surface area contributed by atoms with Gasteiger partial charge in [0.05, 0.1) is 0 Å². The Morgan fingerprint density at radius 3 is 2.49 bits per heavy atom. The molecular formula is C24H27N5O6. The Hall–Kier alpha value is -4.41. The summed E-state index contributed by atoms with van der Waals surface area (Å²) in [5, 5.41) is 9.75.